The minimum Gasteiger partial charge on any atom is -0.370 e. The van der Waals surface area contributed by atoms with E-state index in [0.29, 0.717) is 12.0 Å². The van der Waals surface area contributed by atoms with Gasteiger partial charge in [-0.25, -0.2) is 0 Å². The predicted octanol–water partition coefficient (Wildman–Crippen LogP) is 0.709. The number of nitrogens with one attached hydrogen (secondary N) is 1. The lowest BCUT2D eigenvalue weighted by Crippen LogP contribution is -2.38. The molecule has 11 heavy (non-hydrogen) atoms. The molecule has 0 spiro atoms. The molecule has 2 unspecified atom stereocenters. The van der Waals surface area contributed by atoms with Crippen molar-refractivity contribution in [3.05, 3.63) is 0 Å². The number of hydrogen-bond acceptors (Lipinski definition) is 1. The van der Waals surface area contributed by atoms with E-state index in [1.165, 1.54) is 19.3 Å². The van der Waals surface area contributed by atoms with Gasteiger partial charge < -0.3 is 11.1 Å². The zero-order valence-corrected chi connectivity index (χ0v) is 7.30. The fraction of sp³-hybridized carbons (Fsp3) is 0.875. The van der Waals surface area contributed by atoms with Crippen LogP contribution in [-0.2, 0) is 0 Å². The molecule has 1 rings (SSSR count). The molecule has 0 heterocycles. The van der Waals surface area contributed by atoms with Crippen LogP contribution in [0, 0.1) is 5.92 Å². The average Bonchev–Trinajstić information content (AvgIpc) is 2.35. The van der Waals surface area contributed by atoms with Gasteiger partial charge in [0.15, 0.2) is 5.96 Å². The maximum Gasteiger partial charge on any atom is 0.188 e. The molecule has 3 N–H and O–H groups in total. The van der Waals surface area contributed by atoms with Crippen molar-refractivity contribution in [1.82, 2.24) is 5.32 Å². The fourth-order valence-electron chi connectivity index (χ4n) is 1.61. The van der Waals surface area contributed by atoms with Crippen molar-refractivity contribution in [3.8, 4) is 0 Å². The smallest absolute Gasteiger partial charge is 0.188 e. The standard InChI is InChI=1S/C8H17N3/c1-6-3-4-7(5-6)11-8(9)10-2/h6-7H,3-5H2,1-2H3,(H3,9,10,11). The van der Waals surface area contributed by atoms with Crippen LogP contribution in [0.15, 0.2) is 4.99 Å². The first-order valence-corrected chi connectivity index (χ1v) is 4.21. The lowest BCUT2D eigenvalue weighted by atomic mass is 10.1. The van der Waals surface area contributed by atoms with Gasteiger partial charge in [-0.15, -0.1) is 0 Å². The Bertz CT molecular complexity index is 153. The molecule has 1 saturated carbocycles. The van der Waals surface area contributed by atoms with Gasteiger partial charge in [-0.3, -0.25) is 4.99 Å². The van der Waals surface area contributed by atoms with Crippen LogP contribution in [0.1, 0.15) is 26.2 Å². The monoisotopic (exact) mass is 155 g/mol. The van der Waals surface area contributed by atoms with Crippen molar-refractivity contribution in [2.45, 2.75) is 32.2 Å². The molecule has 0 aromatic rings. The third-order valence-corrected chi connectivity index (χ3v) is 2.29. The Kier molecular flexibility index (Phi) is 2.74. The van der Waals surface area contributed by atoms with Crippen LogP contribution >= 0.6 is 0 Å². The second-order valence-electron chi connectivity index (χ2n) is 3.37. The molecular weight excluding hydrogens is 138 g/mol. The molecule has 0 aromatic carbocycles. The largest absolute Gasteiger partial charge is 0.370 e. The predicted molar refractivity (Wildman–Crippen MR) is 47.5 cm³/mol. The normalized spacial score (nSPS) is 32.4. The van der Waals surface area contributed by atoms with E-state index in [4.69, 9.17) is 5.73 Å². The summed E-state index contributed by atoms with van der Waals surface area (Å²) in [6, 6.07) is 0.564. The summed E-state index contributed by atoms with van der Waals surface area (Å²) in [5.74, 6) is 1.42. The molecule has 3 nitrogen and oxygen atoms in total. The van der Waals surface area contributed by atoms with Crippen LogP contribution in [0.2, 0.25) is 0 Å². The first-order valence-electron chi connectivity index (χ1n) is 4.21. The maximum atomic E-state index is 5.54. The van der Waals surface area contributed by atoms with Gasteiger partial charge in [0.1, 0.15) is 0 Å². The molecule has 0 saturated heterocycles. The molecule has 1 fully saturated rings. The summed E-state index contributed by atoms with van der Waals surface area (Å²) in [6.45, 7) is 2.28. The molecule has 0 radical (unpaired) electrons. The van der Waals surface area contributed by atoms with Crippen molar-refractivity contribution in [3.63, 3.8) is 0 Å². The summed E-state index contributed by atoms with van der Waals surface area (Å²) in [7, 11) is 1.71. The molecule has 0 aliphatic heterocycles. The number of aliphatic imine (C=N–C) groups is 1. The van der Waals surface area contributed by atoms with Crippen molar-refractivity contribution < 1.29 is 0 Å². The zero-order valence-electron chi connectivity index (χ0n) is 7.30. The van der Waals surface area contributed by atoms with E-state index in [1.54, 1.807) is 7.05 Å². The van der Waals surface area contributed by atoms with Crippen LogP contribution in [0.4, 0.5) is 0 Å². The van der Waals surface area contributed by atoms with E-state index in [0.717, 1.165) is 5.92 Å². The van der Waals surface area contributed by atoms with E-state index >= 15 is 0 Å². The van der Waals surface area contributed by atoms with Crippen LogP contribution in [-0.4, -0.2) is 19.0 Å². The van der Waals surface area contributed by atoms with E-state index < -0.39 is 0 Å². The summed E-state index contributed by atoms with van der Waals surface area (Å²) < 4.78 is 0. The molecule has 2 atom stereocenters. The summed E-state index contributed by atoms with van der Waals surface area (Å²) >= 11 is 0. The van der Waals surface area contributed by atoms with Crippen molar-refractivity contribution in [2.24, 2.45) is 16.6 Å². The van der Waals surface area contributed by atoms with Crippen molar-refractivity contribution >= 4 is 5.96 Å². The number of nitrogens with zero attached hydrogens (tertiary/aromatic N) is 1. The van der Waals surface area contributed by atoms with Crippen LogP contribution in [0.5, 0.6) is 0 Å². The van der Waals surface area contributed by atoms with Crippen LogP contribution < -0.4 is 11.1 Å². The number of hydrogen-bond donors (Lipinski definition) is 2. The highest BCUT2D eigenvalue weighted by atomic mass is 15.1. The Morgan fingerprint density at radius 2 is 2.27 bits per heavy atom. The third kappa shape index (κ3) is 2.41. The number of rotatable bonds is 1. The minimum atomic E-state index is 0.564. The Balaban J connectivity index is 2.28. The Labute approximate surface area is 68.1 Å². The van der Waals surface area contributed by atoms with E-state index in [2.05, 4.69) is 17.2 Å². The third-order valence-electron chi connectivity index (χ3n) is 2.29. The summed E-state index contributed by atoms with van der Waals surface area (Å²) in [4.78, 5) is 3.86. The van der Waals surface area contributed by atoms with E-state index in [-0.39, 0.29) is 0 Å². The highest BCUT2D eigenvalue weighted by Crippen LogP contribution is 2.24. The van der Waals surface area contributed by atoms with E-state index in [9.17, 15) is 0 Å². The van der Waals surface area contributed by atoms with Gasteiger partial charge in [0.05, 0.1) is 0 Å². The zero-order chi connectivity index (χ0) is 8.27. The molecule has 0 aromatic heterocycles. The first kappa shape index (κ1) is 8.37. The highest BCUT2D eigenvalue weighted by molar-refractivity contribution is 5.77. The first-order chi connectivity index (χ1) is 5.22. The van der Waals surface area contributed by atoms with Crippen LogP contribution in [0.3, 0.4) is 0 Å². The summed E-state index contributed by atoms with van der Waals surface area (Å²) in [5.41, 5.74) is 5.54. The Morgan fingerprint density at radius 1 is 1.55 bits per heavy atom. The minimum absolute atomic E-state index is 0.564. The highest BCUT2D eigenvalue weighted by Gasteiger charge is 2.20. The van der Waals surface area contributed by atoms with E-state index in [1.807, 2.05) is 0 Å². The fourth-order valence-corrected chi connectivity index (χ4v) is 1.61. The van der Waals surface area contributed by atoms with Gasteiger partial charge in [0.2, 0.25) is 0 Å². The Morgan fingerprint density at radius 3 is 2.73 bits per heavy atom. The SMILES string of the molecule is CN=C(N)NC1CCC(C)C1. The number of nitrogens with two attached hydrogens (primary N) is 1. The lowest BCUT2D eigenvalue weighted by molar-refractivity contribution is 0.569. The van der Waals surface area contributed by atoms with Gasteiger partial charge in [-0.1, -0.05) is 6.92 Å². The molecule has 1 aliphatic rings. The van der Waals surface area contributed by atoms with Gasteiger partial charge in [0.25, 0.3) is 0 Å². The van der Waals surface area contributed by atoms with Gasteiger partial charge >= 0.3 is 0 Å². The average molecular weight is 155 g/mol. The molecule has 1 aliphatic carbocycles. The van der Waals surface area contributed by atoms with Crippen molar-refractivity contribution in [1.29, 1.82) is 0 Å². The van der Waals surface area contributed by atoms with Crippen molar-refractivity contribution in [2.75, 3.05) is 7.05 Å². The lowest BCUT2D eigenvalue weighted by Gasteiger charge is -2.11. The van der Waals surface area contributed by atoms with Gasteiger partial charge in [0, 0.05) is 13.1 Å². The summed E-state index contributed by atoms with van der Waals surface area (Å²) in [6.07, 6.45) is 3.78. The quantitative estimate of drug-likeness (QED) is 0.433. The molecule has 64 valence electrons. The summed E-state index contributed by atoms with van der Waals surface area (Å²) in [5, 5.41) is 3.19. The maximum absolute atomic E-state index is 5.54. The van der Waals surface area contributed by atoms with Gasteiger partial charge in [-0.05, 0) is 25.2 Å². The molecule has 0 amide bonds. The number of guanidine groups is 1. The second-order valence-corrected chi connectivity index (χ2v) is 3.37. The second kappa shape index (κ2) is 3.60. The molecule has 3 heteroatoms. The molecule has 0 bridgehead atoms. The Hall–Kier alpha value is -0.730. The van der Waals surface area contributed by atoms with Crippen LogP contribution in [0.25, 0.3) is 0 Å². The molecular formula is C8H17N3. The topological polar surface area (TPSA) is 50.4 Å². The van der Waals surface area contributed by atoms with Gasteiger partial charge in [-0.2, -0.15) is 0 Å².